The molecule has 2 nitrogen and oxygen atoms in total. The van der Waals surface area contributed by atoms with Gasteiger partial charge in [-0.2, -0.15) is 0 Å². The zero-order valence-corrected chi connectivity index (χ0v) is 9.58. The normalized spacial score (nSPS) is 33.9. The van der Waals surface area contributed by atoms with E-state index in [2.05, 4.69) is 24.5 Å². The van der Waals surface area contributed by atoms with Gasteiger partial charge in [0.2, 0.25) is 0 Å². The molecule has 0 amide bonds. The molecule has 1 saturated carbocycles. The number of rotatable bonds is 1. The molecule has 3 atom stereocenters. The molecular formula is C10H20N2S. The third kappa shape index (κ3) is 2.83. The van der Waals surface area contributed by atoms with E-state index < -0.39 is 0 Å². The van der Waals surface area contributed by atoms with Crippen molar-refractivity contribution in [2.45, 2.75) is 39.2 Å². The van der Waals surface area contributed by atoms with Crippen LogP contribution in [0.4, 0.5) is 0 Å². The monoisotopic (exact) mass is 200 g/mol. The van der Waals surface area contributed by atoms with Crippen molar-refractivity contribution in [1.82, 2.24) is 10.6 Å². The predicted octanol–water partition coefficient (Wildman–Crippen LogP) is 1.90. The quantitative estimate of drug-likeness (QED) is 0.632. The van der Waals surface area contributed by atoms with Crippen LogP contribution in [-0.2, 0) is 0 Å². The SMILES string of the molecule is CNC(=S)N[C@@H]1CCC[C@H](C)[C@H]1C. The molecule has 13 heavy (non-hydrogen) atoms. The molecular weight excluding hydrogens is 180 g/mol. The molecule has 0 aliphatic heterocycles. The Kier molecular flexibility index (Phi) is 3.97. The minimum absolute atomic E-state index is 0.573. The van der Waals surface area contributed by atoms with Gasteiger partial charge in [-0.15, -0.1) is 0 Å². The fourth-order valence-electron chi connectivity index (χ4n) is 2.03. The maximum absolute atomic E-state index is 5.11. The molecule has 0 aromatic heterocycles. The molecule has 0 heterocycles. The Hall–Kier alpha value is -0.310. The van der Waals surface area contributed by atoms with Crippen LogP contribution in [0, 0.1) is 11.8 Å². The van der Waals surface area contributed by atoms with E-state index in [-0.39, 0.29) is 0 Å². The van der Waals surface area contributed by atoms with Gasteiger partial charge in [0.05, 0.1) is 0 Å². The van der Waals surface area contributed by atoms with Crippen molar-refractivity contribution in [2.24, 2.45) is 11.8 Å². The lowest BCUT2D eigenvalue weighted by molar-refractivity contribution is 0.224. The van der Waals surface area contributed by atoms with Crippen LogP contribution in [0.2, 0.25) is 0 Å². The maximum Gasteiger partial charge on any atom is 0.166 e. The number of hydrogen-bond acceptors (Lipinski definition) is 1. The second-order valence-electron chi connectivity index (χ2n) is 4.10. The van der Waals surface area contributed by atoms with Crippen LogP contribution in [0.3, 0.4) is 0 Å². The Morgan fingerprint density at radius 3 is 2.62 bits per heavy atom. The van der Waals surface area contributed by atoms with Gasteiger partial charge in [0.25, 0.3) is 0 Å². The second-order valence-corrected chi connectivity index (χ2v) is 4.51. The van der Waals surface area contributed by atoms with Gasteiger partial charge in [-0.1, -0.05) is 26.7 Å². The summed E-state index contributed by atoms with van der Waals surface area (Å²) in [5.41, 5.74) is 0. The molecule has 0 bridgehead atoms. The van der Waals surface area contributed by atoms with Crippen LogP contribution < -0.4 is 10.6 Å². The van der Waals surface area contributed by atoms with E-state index >= 15 is 0 Å². The zero-order chi connectivity index (χ0) is 9.84. The predicted molar refractivity (Wildman–Crippen MR) is 60.8 cm³/mol. The molecule has 3 heteroatoms. The lowest BCUT2D eigenvalue weighted by atomic mass is 9.78. The smallest absolute Gasteiger partial charge is 0.166 e. The molecule has 0 spiro atoms. The number of nitrogens with one attached hydrogen (secondary N) is 2. The van der Waals surface area contributed by atoms with E-state index in [9.17, 15) is 0 Å². The molecule has 1 rings (SSSR count). The average Bonchev–Trinajstić information content (AvgIpc) is 2.13. The van der Waals surface area contributed by atoms with Crippen LogP contribution in [0.5, 0.6) is 0 Å². The van der Waals surface area contributed by atoms with E-state index in [0.717, 1.165) is 16.9 Å². The molecule has 0 saturated heterocycles. The van der Waals surface area contributed by atoms with Gasteiger partial charge in [0.1, 0.15) is 0 Å². The van der Waals surface area contributed by atoms with Crippen LogP contribution >= 0.6 is 12.2 Å². The summed E-state index contributed by atoms with van der Waals surface area (Å²) in [4.78, 5) is 0. The van der Waals surface area contributed by atoms with Crippen molar-refractivity contribution in [3.8, 4) is 0 Å². The largest absolute Gasteiger partial charge is 0.366 e. The first kappa shape index (κ1) is 10.8. The fraction of sp³-hybridized carbons (Fsp3) is 0.900. The molecule has 0 unspecified atom stereocenters. The van der Waals surface area contributed by atoms with Crippen molar-refractivity contribution in [3.63, 3.8) is 0 Å². The Bertz CT molecular complexity index is 182. The van der Waals surface area contributed by atoms with Gasteiger partial charge in [-0.25, -0.2) is 0 Å². The van der Waals surface area contributed by atoms with Crippen LogP contribution in [0.15, 0.2) is 0 Å². The van der Waals surface area contributed by atoms with Crippen molar-refractivity contribution in [1.29, 1.82) is 0 Å². The summed E-state index contributed by atoms with van der Waals surface area (Å²) >= 11 is 5.11. The van der Waals surface area contributed by atoms with E-state index in [1.807, 2.05) is 7.05 Å². The Labute approximate surface area is 86.5 Å². The Morgan fingerprint density at radius 1 is 1.31 bits per heavy atom. The number of thiocarbonyl (C=S) groups is 1. The van der Waals surface area contributed by atoms with Crippen molar-refractivity contribution in [3.05, 3.63) is 0 Å². The first-order valence-corrected chi connectivity index (χ1v) is 5.54. The first-order chi connectivity index (χ1) is 6.15. The molecule has 1 aliphatic carbocycles. The molecule has 1 fully saturated rings. The molecule has 1 aliphatic rings. The van der Waals surface area contributed by atoms with Crippen molar-refractivity contribution in [2.75, 3.05) is 7.05 Å². The summed E-state index contributed by atoms with van der Waals surface area (Å²) < 4.78 is 0. The van der Waals surface area contributed by atoms with Crippen LogP contribution in [0.25, 0.3) is 0 Å². The minimum atomic E-state index is 0.573. The highest BCUT2D eigenvalue weighted by atomic mass is 32.1. The standard InChI is InChI=1S/C10H20N2S/c1-7-5-4-6-9(8(7)2)12-10(13)11-3/h7-9H,4-6H2,1-3H3,(H2,11,12,13)/t7-,8+,9+/m0/s1. The molecule has 76 valence electrons. The zero-order valence-electron chi connectivity index (χ0n) is 8.76. The second kappa shape index (κ2) is 4.80. The van der Waals surface area contributed by atoms with Gasteiger partial charge < -0.3 is 10.6 Å². The first-order valence-electron chi connectivity index (χ1n) is 5.13. The van der Waals surface area contributed by atoms with Crippen molar-refractivity contribution >= 4 is 17.3 Å². The highest BCUT2D eigenvalue weighted by molar-refractivity contribution is 7.80. The highest BCUT2D eigenvalue weighted by Crippen LogP contribution is 2.29. The van der Waals surface area contributed by atoms with Gasteiger partial charge in [0, 0.05) is 13.1 Å². The van der Waals surface area contributed by atoms with Gasteiger partial charge in [-0.05, 0) is 30.5 Å². The average molecular weight is 200 g/mol. The minimum Gasteiger partial charge on any atom is -0.366 e. The molecule has 0 radical (unpaired) electrons. The Morgan fingerprint density at radius 2 is 2.00 bits per heavy atom. The Balaban J connectivity index is 2.43. The van der Waals surface area contributed by atoms with E-state index in [1.165, 1.54) is 19.3 Å². The summed E-state index contributed by atoms with van der Waals surface area (Å²) in [6, 6.07) is 0.573. The van der Waals surface area contributed by atoms with Gasteiger partial charge >= 0.3 is 0 Å². The van der Waals surface area contributed by atoms with Crippen LogP contribution in [-0.4, -0.2) is 18.2 Å². The molecule has 0 aromatic rings. The van der Waals surface area contributed by atoms with Crippen LogP contribution in [0.1, 0.15) is 33.1 Å². The lowest BCUT2D eigenvalue weighted by Crippen LogP contribution is -2.46. The van der Waals surface area contributed by atoms with Gasteiger partial charge in [-0.3, -0.25) is 0 Å². The fourth-order valence-corrected chi connectivity index (χ4v) is 2.18. The molecule has 0 aromatic carbocycles. The summed E-state index contributed by atoms with van der Waals surface area (Å²) in [6.45, 7) is 4.65. The molecule has 2 N–H and O–H groups in total. The third-order valence-corrected chi connectivity index (χ3v) is 3.57. The van der Waals surface area contributed by atoms with E-state index in [4.69, 9.17) is 12.2 Å². The third-order valence-electron chi connectivity index (χ3n) is 3.25. The maximum atomic E-state index is 5.11. The lowest BCUT2D eigenvalue weighted by Gasteiger charge is -2.35. The highest BCUT2D eigenvalue weighted by Gasteiger charge is 2.26. The number of hydrogen-bond donors (Lipinski definition) is 2. The topological polar surface area (TPSA) is 24.1 Å². The van der Waals surface area contributed by atoms with E-state index in [0.29, 0.717) is 6.04 Å². The summed E-state index contributed by atoms with van der Waals surface area (Å²) in [5, 5.41) is 7.12. The van der Waals surface area contributed by atoms with Gasteiger partial charge in [0.15, 0.2) is 5.11 Å². The summed E-state index contributed by atoms with van der Waals surface area (Å²) in [7, 11) is 1.87. The van der Waals surface area contributed by atoms with Crippen molar-refractivity contribution < 1.29 is 0 Å². The van der Waals surface area contributed by atoms with E-state index in [1.54, 1.807) is 0 Å². The summed E-state index contributed by atoms with van der Waals surface area (Å²) in [5.74, 6) is 1.56. The summed E-state index contributed by atoms with van der Waals surface area (Å²) in [6.07, 6.45) is 3.95.